The molecular formula is C16H19N5O2. The number of hydrogen-bond donors (Lipinski definition) is 3. The summed E-state index contributed by atoms with van der Waals surface area (Å²) in [5, 5.41) is 13.3. The molecule has 3 rings (SSSR count). The van der Waals surface area contributed by atoms with Crippen LogP contribution in [0.3, 0.4) is 0 Å². The van der Waals surface area contributed by atoms with Crippen molar-refractivity contribution in [2.75, 3.05) is 10.8 Å². The molecule has 0 radical (unpaired) electrons. The largest absolute Gasteiger partial charge is 0.375 e. The zero-order valence-corrected chi connectivity index (χ0v) is 13.2. The van der Waals surface area contributed by atoms with Crippen molar-refractivity contribution in [1.82, 2.24) is 14.1 Å². The molecule has 0 fully saturated rings. The molecule has 0 spiro atoms. The van der Waals surface area contributed by atoms with Gasteiger partial charge in [-0.3, -0.25) is 15.5 Å². The van der Waals surface area contributed by atoms with Crippen molar-refractivity contribution in [2.24, 2.45) is 14.1 Å². The highest BCUT2D eigenvalue weighted by atomic mass is 16.5. The third-order valence-corrected chi connectivity index (χ3v) is 3.99. The highest BCUT2D eigenvalue weighted by Gasteiger charge is 2.14. The van der Waals surface area contributed by atoms with Crippen molar-refractivity contribution in [1.29, 1.82) is 0 Å². The molecule has 7 nitrogen and oxygen atoms in total. The first-order valence-corrected chi connectivity index (χ1v) is 7.29. The number of imidazole rings is 1. The van der Waals surface area contributed by atoms with Gasteiger partial charge in [0.25, 0.3) is 5.56 Å². The Morgan fingerprint density at radius 3 is 2.70 bits per heavy atom. The van der Waals surface area contributed by atoms with E-state index >= 15 is 0 Å². The first-order chi connectivity index (χ1) is 11.0. The van der Waals surface area contributed by atoms with Gasteiger partial charge in [-0.1, -0.05) is 0 Å². The molecule has 23 heavy (non-hydrogen) atoms. The summed E-state index contributed by atoms with van der Waals surface area (Å²) in [6.45, 7) is 1.99. The Balaban J connectivity index is 2.11. The van der Waals surface area contributed by atoms with Crippen molar-refractivity contribution >= 4 is 22.3 Å². The van der Waals surface area contributed by atoms with Crippen molar-refractivity contribution in [3.05, 3.63) is 52.8 Å². The molecule has 1 aromatic carbocycles. The summed E-state index contributed by atoms with van der Waals surface area (Å²) in [7, 11) is 3.65. The van der Waals surface area contributed by atoms with Crippen molar-refractivity contribution in [3.63, 3.8) is 0 Å². The Morgan fingerprint density at radius 1 is 1.26 bits per heavy atom. The van der Waals surface area contributed by atoms with Crippen LogP contribution in [0.25, 0.3) is 10.9 Å². The van der Waals surface area contributed by atoms with Gasteiger partial charge in [-0.25, -0.2) is 4.98 Å². The lowest BCUT2D eigenvalue weighted by molar-refractivity contribution is 0.389. The fourth-order valence-corrected chi connectivity index (χ4v) is 2.74. The van der Waals surface area contributed by atoms with Crippen LogP contribution in [-0.4, -0.2) is 19.3 Å². The number of anilines is 2. The van der Waals surface area contributed by atoms with Gasteiger partial charge < -0.3 is 14.5 Å². The molecule has 0 aliphatic heterocycles. The third-order valence-electron chi connectivity index (χ3n) is 3.99. The van der Waals surface area contributed by atoms with Crippen LogP contribution >= 0.6 is 0 Å². The van der Waals surface area contributed by atoms with E-state index in [9.17, 15) is 4.79 Å². The Morgan fingerprint density at radius 2 is 2.04 bits per heavy atom. The van der Waals surface area contributed by atoms with E-state index in [0.29, 0.717) is 11.4 Å². The zero-order chi connectivity index (χ0) is 16.6. The average Bonchev–Trinajstić information content (AvgIpc) is 2.98. The molecule has 0 aliphatic carbocycles. The van der Waals surface area contributed by atoms with Crippen molar-refractivity contribution in [2.45, 2.75) is 13.0 Å². The highest BCUT2D eigenvalue weighted by Crippen LogP contribution is 2.27. The monoisotopic (exact) mass is 313 g/mol. The number of pyridine rings is 1. The lowest BCUT2D eigenvalue weighted by Crippen LogP contribution is -2.19. The Hall–Kier alpha value is -2.80. The topological polar surface area (TPSA) is 84.1 Å². The van der Waals surface area contributed by atoms with Gasteiger partial charge in [0.1, 0.15) is 5.82 Å². The number of aromatic nitrogens is 3. The molecule has 120 valence electrons. The minimum atomic E-state index is -0.100. The average molecular weight is 313 g/mol. The first-order valence-electron chi connectivity index (χ1n) is 7.29. The van der Waals surface area contributed by atoms with E-state index in [1.165, 1.54) is 0 Å². The van der Waals surface area contributed by atoms with Crippen LogP contribution in [0.15, 0.2) is 41.5 Å². The molecule has 0 aliphatic rings. The Kier molecular flexibility index (Phi) is 3.79. The van der Waals surface area contributed by atoms with Gasteiger partial charge in [0, 0.05) is 43.6 Å². The first kappa shape index (κ1) is 15.1. The number of hydrogen-bond acceptors (Lipinski definition) is 5. The second-order valence-electron chi connectivity index (χ2n) is 5.56. The number of rotatable bonds is 4. The molecule has 0 saturated heterocycles. The molecule has 7 heteroatoms. The van der Waals surface area contributed by atoms with Gasteiger partial charge in [-0.05, 0) is 25.1 Å². The summed E-state index contributed by atoms with van der Waals surface area (Å²) < 4.78 is 3.51. The quantitative estimate of drug-likeness (QED) is 0.643. The van der Waals surface area contributed by atoms with Crippen molar-refractivity contribution < 1.29 is 5.21 Å². The van der Waals surface area contributed by atoms with Gasteiger partial charge in [0.15, 0.2) is 0 Å². The van der Waals surface area contributed by atoms with Gasteiger partial charge in [-0.15, -0.1) is 0 Å². The fourth-order valence-electron chi connectivity index (χ4n) is 2.74. The van der Waals surface area contributed by atoms with E-state index in [-0.39, 0.29) is 11.6 Å². The number of fused-ring (bicyclic) bond motifs is 1. The van der Waals surface area contributed by atoms with E-state index in [4.69, 9.17) is 5.21 Å². The predicted molar refractivity (Wildman–Crippen MR) is 89.8 cm³/mol. The minimum Gasteiger partial charge on any atom is -0.375 e. The molecule has 0 saturated carbocycles. The maximum absolute atomic E-state index is 12.2. The third kappa shape index (κ3) is 2.66. The smallest absolute Gasteiger partial charge is 0.252 e. The van der Waals surface area contributed by atoms with E-state index in [1.54, 1.807) is 42.1 Å². The summed E-state index contributed by atoms with van der Waals surface area (Å²) >= 11 is 0. The standard InChI is InChI=1S/C16H19N5O2/c1-10(16-17-6-7-20(16)2)18-13-9-15(22)21(3)14-5-4-11(19-23)8-12(13)14/h4-10,18-19,23H,1-3H3. The SMILES string of the molecule is CC(Nc1cc(=O)n(C)c2ccc(NO)cc12)c1nccn1C. The molecule has 2 heterocycles. The van der Waals surface area contributed by atoms with E-state index in [1.807, 2.05) is 24.7 Å². The predicted octanol–water partition coefficient (Wildman–Crippen LogP) is 2.25. The minimum absolute atomic E-state index is 0.0731. The van der Waals surface area contributed by atoms with Crippen LogP contribution in [0.1, 0.15) is 18.8 Å². The maximum Gasteiger partial charge on any atom is 0.252 e. The van der Waals surface area contributed by atoms with Crippen LogP contribution in [0.4, 0.5) is 11.4 Å². The van der Waals surface area contributed by atoms with Crippen LogP contribution < -0.4 is 16.4 Å². The number of aryl methyl sites for hydroxylation is 2. The summed E-state index contributed by atoms with van der Waals surface area (Å²) in [4.78, 5) is 16.5. The van der Waals surface area contributed by atoms with E-state index < -0.39 is 0 Å². The summed E-state index contributed by atoms with van der Waals surface area (Å²) in [6.07, 6.45) is 3.62. The van der Waals surface area contributed by atoms with Crippen molar-refractivity contribution in [3.8, 4) is 0 Å². The second kappa shape index (κ2) is 5.77. The molecule has 3 N–H and O–H groups in total. The second-order valence-corrected chi connectivity index (χ2v) is 5.56. The molecular weight excluding hydrogens is 294 g/mol. The van der Waals surface area contributed by atoms with Crippen LogP contribution in [-0.2, 0) is 14.1 Å². The molecule has 1 unspecified atom stereocenters. The van der Waals surface area contributed by atoms with Gasteiger partial charge in [0.2, 0.25) is 0 Å². The highest BCUT2D eigenvalue weighted by molar-refractivity contribution is 5.93. The maximum atomic E-state index is 12.2. The zero-order valence-electron chi connectivity index (χ0n) is 13.2. The number of nitrogens with zero attached hydrogens (tertiary/aromatic N) is 3. The Labute approximate surface area is 133 Å². The molecule has 1 atom stereocenters. The number of nitrogens with one attached hydrogen (secondary N) is 2. The van der Waals surface area contributed by atoms with E-state index in [0.717, 1.165) is 16.7 Å². The Bertz CT molecular complexity index is 912. The van der Waals surface area contributed by atoms with Crippen LogP contribution in [0.2, 0.25) is 0 Å². The lowest BCUT2D eigenvalue weighted by Gasteiger charge is -2.18. The summed E-state index contributed by atoms with van der Waals surface area (Å²) in [5.41, 5.74) is 4.09. The normalized spacial score (nSPS) is 12.3. The van der Waals surface area contributed by atoms with Gasteiger partial charge in [0.05, 0.1) is 17.2 Å². The lowest BCUT2D eigenvalue weighted by atomic mass is 10.1. The molecule has 0 bridgehead atoms. The van der Waals surface area contributed by atoms with Gasteiger partial charge in [-0.2, -0.15) is 0 Å². The van der Waals surface area contributed by atoms with Crippen LogP contribution in [0.5, 0.6) is 0 Å². The summed E-state index contributed by atoms with van der Waals surface area (Å²) in [6, 6.07) is 6.79. The van der Waals surface area contributed by atoms with Crippen LogP contribution in [0, 0.1) is 0 Å². The summed E-state index contributed by atoms with van der Waals surface area (Å²) in [5.74, 6) is 0.871. The fraction of sp³-hybridized carbons (Fsp3) is 0.250. The molecule has 2 aromatic heterocycles. The molecule has 0 amide bonds. The number of benzene rings is 1. The molecule has 3 aromatic rings. The van der Waals surface area contributed by atoms with E-state index in [2.05, 4.69) is 15.8 Å². The van der Waals surface area contributed by atoms with Gasteiger partial charge >= 0.3 is 0 Å².